The fourth-order valence-electron chi connectivity index (χ4n) is 2.51. The zero-order valence-electron chi connectivity index (χ0n) is 12.0. The highest BCUT2D eigenvalue weighted by Gasteiger charge is 2.37. The first kappa shape index (κ1) is 15.2. The molecule has 1 saturated carbocycles. The molecular weight excluding hydrogens is 280 g/mol. The monoisotopic (exact) mass is 304 g/mol. The fraction of sp³-hybridized carbons (Fsp3) is 0.923. The maximum absolute atomic E-state index is 11.6. The van der Waals surface area contributed by atoms with E-state index in [9.17, 15) is 8.42 Å². The van der Waals surface area contributed by atoms with Crippen LogP contribution in [0.15, 0.2) is 4.99 Å². The van der Waals surface area contributed by atoms with Gasteiger partial charge in [-0.3, -0.25) is 4.99 Å². The van der Waals surface area contributed by atoms with Gasteiger partial charge in [-0.1, -0.05) is 24.6 Å². The van der Waals surface area contributed by atoms with Crippen LogP contribution in [-0.2, 0) is 9.84 Å². The van der Waals surface area contributed by atoms with Crippen molar-refractivity contribution in [1.82, 2.24) is 5.32 Å². The third-order valence-electron chi connectivity index (χ3n) is 4.41. The number of thioether (sulfide) groups is 1. The summed E-state index contributed by atoms with van der Waals surface area (Å²) in [6, 6.07) is 0. The molecule has 0 radical (unpaired) electrons. The molecule has 0 atom stereocenters. The Balaban J connectivity index is 1.90. The van der Waals surface area contributed by atoms with E-state index in [-0.39, 0.29) is 0 Å². The molecular formula is C13H24N2O2S2. The van der Waals surface area contributed by atoms with E-state index >= 15 is 0 Å². The molecule has 0 saturated heterocycles. The van der Waals surface area contributed by atoms with Crippen LogP contribution in [0.5, 0.6) is 0 Å². The molecule has 0 unspecified atom stereocenters. The molecule has 19 heavy (non-hydrogen) atoms. The second-order valence-corrected chi connectivity index (χ2v) is 10.1. The van der Waals surface area contributed by atoms with Gasteiger partial charge in [-0.25, -0.2) is 8.42 Å². The van der Waals surface area contributed by atoms with E-state index in [1.54, 1.807) is 25.6 Å². The highest BCUT2D eigenvalue weighted by Crippen LogP contribution is 2.43. The third-order valence-corrected chi connectivity index (χ3v) is 7.86. The van der Waals surface area contributed by atoms with Crippen LogP contribution >= 0.6 is 11.8 Å². The molecule has 2 aliphatic rings. The Bertz CT molecular complexity index is 463. The Morgan fingerprint density at radius 2 is 2.00 bits per heavy atom. The van der Waals surface area contributed by atoms with Gasteiger partial charge in [0.05, 0.1) is 4.75 Å². The van der Waals surface area contributed by atoms with Crippen LogP contribution in [0, 0.1) is 5.41 Å². The number of rotatable bonds is 3. The topological polar surface area (TPSA) is 58.5 Å². The molecule has 0 bridgehead atoms. The average molecular weight is 304 g/mol. The van der Waals surface area contributed by atoms with Crippen molar-refractivity contribution in [2.45, 2.75) is 44.3 Å². The summed E-state index contributed by atoms with van der Waals surface area (Å²) < 4.78 is 22.5. The highest BCUT2D eigenvalue weighted by atomic mass is 32.2. The maximum atomic E-state index is 11.6. The van der Waals surface area contributed by atoms with Gasteiger partial charge in [0.1, 0.15) is 0 Å². The molecule has 6 heteroatoms. The first-order chi connectivity index (χ1) is 8.74. The largest absolute Gasteiger partial charge is 0.363 e. The Kier molecular flexibility index (Phi) is 4.21. The van der Waals surface area contributed by atoms with Crippen molar-refractivity contribution in [2.24, 2.45) is 10.4 Å². The zero-order chi connectivity index (χ0) is 14.1. The highest BCUT2D eigenvalue weighted by molar-refractivity contribution is 8.13. The van der Waals surface area contributed by atoms with Crippen LogP contribution in [0.4, 0.5) is 0 Å². The second-order valence-electron chi connectivity index (χ2n) is 6.50. The average Bonchev–Trinajstić information content (AvgIpc) is 2.76. The smallest absolute Gasteiger partial charge is 0.156 e. The van der Waals surface area contributed by atoms with Gasteiger partial charge in [0.15, 0.2) is 15.0 Å². The van der Waals surface area contributed by atoms with Crippen LogP contribution in [0.1, 0.15) is 39.5 Å². The van der Waals surface area contributed by atoms with Crippen LogP contribution < -0.4 is 5.32 Å². The normalized spacial score (nSPS) is 23.4. The molecule has 0 aromatic heterocycles. The molecule has 4 nitrogen and oxygen atoms in total. The SMILES string of the molecule is CC(C)(CNC1=NCC2(CCCC2)CS1)S(C)(=O)=O. The molecule has 1 spiro atoms. The molecule has 0 aromatic carbocycles. The molecule has 1 N–H and O–H groups in total. The molecule has 1 fully saturated rings. The molecule has 110 valence electrons. The number of nitrogens with one attached hydrogen (secondary N) is 1. The Hall–Kier alpha value is -0.230. The summed E-state index contributed by atoms with van der Waals surface area (Å²) in [5.74, 6) is 1.12. The van der Waals surface area contributed by atoms with Crippen LogP contribution in [0.2, 0.25) is 0 Å². The second kappa shape index (κ2) is 5.28. The first-order valence-electron chi connectivity index (χ1n) is 6.85. The van der Waals surface area contributed by atoms with E-state index < -0.39 is 14.6 Å². The van der Waals surface area contributed by atoms with Crippen LogP contribution in [0.25, 0.3) is 0 Å². The van der Waals surface area contributed by atoms with Gasteiger partial charge in [-0.15, -0.1) is 0 Å². The number of hydrogen-bond donors (Lipinski definition) is 1. The lowest BCUT2D eigenvalue weighted by Gasteiger charge is -2.32. The molecule has 0 aromatic rings. The van der Waals surface area contributed by atoms with Gasteiger partial charge >= 0.3 is 0 Å². The van der Waals surface area contributed by atoms with Crippen molar-refractivity contribution in [1.29, 1.82) is 0 Å². The van der Waals surface area contributed by atoms with Crippen molar-refractivity contribution >= 4 is 26.8 Å². The first-order valence-corrected chi connectivity index (χ1v) is 9.73. The van der Waals surface area contributed by atoms with Gasteiger partial charge in [0.25, 0.3) is 0 Å². The van der Waals surface area contributed by atoms with E-state index in [0.29, 0.717) is 12.0 Å². The number of aliphatic imine (C=N–C) groups is 1. The standard InChI is InChI=1S/C13H24N2O2S2/c1-12(2,19(3,16)17)8-14-11-15-9-13(10-18-11)6-4-5-7-13/h4-10H2,1-3H3,(H,14,15). The minimum atomic E-state index is -3.05. The Morgan fingerprint density at radius 1 is 1.37 bits per heavy atom. The minimum absolute atomic E-state index is 0.421. The summed E-state index contributed by atoms with van der Waals surface area (Å²) in [6.07, 6.45) is 6.55. The van der Waals surface area contributed by atoms with Crippen molar-refractivity contribution in [2.75, 3.05) is 25.1 Å². The lowest BCUT2D eigenvalue weighted by molar-refractivity contribution is 0.358. The summed E-state index contributed by atoms with van der Waals surface area (Å²) >= 11 is 1.75. The predicted octanol–water partition coefficient (Wildman–Crippen LogP) is 2.06. The van der Waals surface area contributed by atoms with Gasteiger partial charge in [0, 0.05) is 25.1 Å². The summed E-state index contributed by atoms with van der Waals surface area (Å²) in [7, 11) is -3.05. The van der Waals surface area contributed by atoms with E-state index in [1.165, 1.54) is 31.9 Å². The van der Waals surface area contributed by atoms with Gasteiger partial charge in [0.2, 0.25) is 0 Å². The fourth-order valence-corrected chi connectivity index (χ4v) is 3.99. The number of amidine groups is 1. The van der Waals surface area contributed by atoms with Crippen molar-refractivity contribution < 1.29 is 8.42 Å². The van der Waals surface area contributed by atoms with Gasteiger partial charge in [-0.05, 0) is 32.1 Å². The lowest BCUT2D eigenvalue weighted by atomic mass is 9.89. The maximum Gasteiger partial charge on any atom is 0.156 e. The van der Waals surface area contributed by atoms with Crippen molar-refractivity contribution in [3.8, 4) is 0 Å². The van der Waals surface area contributed by atoms with Crippen molar-refractivity contribution in [3.05, 3.63) is 0 Å². The summed E-state index contributed by atoms with van der Waals surface area (Å²) in [6.45, 7) is 4.83. The van der Waals surface area contributed by atoms with E-state index in [4.69, 9.17) is 0 Å². The summed E-state index contributed by atoms with van der Waals surface area (Å²) in [5.41, 5.74) is 0.433. The van der Waals surface area contributed by atoms with E-state index in [1.807, 2.05) is 0 Å². The van der Waals surface area contributed by atoms with Crippen LogP contribution in [0.3, 0.4) is 0 Å². The molecule has 2 rings (SSSR count). The minimum Gasteiger partial charge on any atom is -0.363 e. The number of sulfone groups is 1. The molecule has 1 aliphatic carbocycles. The summed E-state index contributed by atoms with van der Waals surface area (Å²) in [4.78, 5) is 4.62. The Morgan fingerprint density at radius 3 is 2.47 bits per heavy atom. The zero-order valence-corrected chi connectivity index (χ0v) is 13.7. The summed E-state index contributed by atoms with van der Waals surface area (Å²) in [5, 5.41) is 4.12. The molecule has 1 heterocycles. The van der Waals surface area contributed by atoms with E-state index in [0.717, 1.165) is 17.5 Å². The van der Waals surface area contributed by atoms with Crippen molar-refractivity contribution in [3.63, 3.8) is 0 Å². The van der Waals surface area contributed by atoms with Crippen LogP contribution in [-0.4, -0.2) is 43.4 Å². The Labute approximate surface area is 120 Å². The third kappa shape index (κ3) is 3.45. The van der Waals surface area contributed by atoms with E-state index in [2.05, 4.69) is 10.3 Å². The molecule has 1 aliphatic heterocycles. The lowest BCUT2D eigenvalue weighted by Crippen LogP contribution is -2.44. The quantitative estimate of drug-likeness (QED) is 0.867. The van der Waals surface area contributed by atoms with Gasteiger partial charge < -0.3 is 5.32 Å². The number of hydrogen-bond acceptors (Lipinski definition) is 5. The predicted molar refractivity (Wildman–Crippen MR) is 82.6 cm³/mol. The number of nitrogens with zero attached hydrogens (tertiary/aromatic N) is 1. The molecule has 0 amide bonds. The van der Waals surface area contributed by atoms with Gasteiger partial charge in [-0.2, -0.15) is 0 Å².